The Balaban J connectivity index is 1.70. The molecule has 2 heteroatoms. The zero-order valence-corrected chi connectivity index (χ0v) is 12.2. The number of nitrogens with zero attached hydrogens (tertiary/aromatic N) is 2. The molecule has 1 aliphatic heterocycles. The summed E-state index contributed by atoms with van der Waals surface area (Å²) in [4.78, 5) is 0. The zero-order chi connectivity index (χ0) is 14.3. The maximum Gasteiger partial charge on any atom is 0.138 e. The van der Waals surface area contributed by atoms with Crippen LogP contribution < -0.4 is 0 Å². The number of benzene rings is 2. The normalized spacial score (nSPS) is 34.2. The maximum atomic E-state index is 4.96. The first-order valence-corrected chi connectivity index (χ1v) is 8.19. The lowest BCUT2D eigenvalue weighted by Crippen LogP contribution is -2.37. The van der Waals surface area contributed by atoms with Crippen molar-refractivity contribution in [2.75, 3.05) is 0 Å². The summed E-state index contributed by atoms with van der Waals surface area (Å²) in [5, 5.41) is 9.75. The topological polar surface area (TPSA) is 24.7 Å². The van der Waals surface area contributed by atoms with Crippen molar-refractivity contribution in [1.82, 2.24) is 0 Å². The Bertz CT molecular complexity index is 818. The van der Waals surface area contributed by atoms with Gasteiger partial charge < -0.3 is 0 Å². The van der Waals surface area contributed by atoms with Gasteiger partial charge in [0.05, 0.1) is 6.04 Å². The molecule has 22 heavy (non-hydrogen) atoms. The number of azo groups is 1. The monoisotopic (exact) mass is 284 g/mol. The fraction of sp³-hybridized carbons (Fsp3) is 0.300. The number of fused-ring (bicyclic) bond motifs is 11. The summed E-state index contributed by atoms with van der Waals surface area (Å²) in [5.74, 6) is 1.74. The molecule has 6 rings (SSSR count). The molecule has 0 aromatic heterocycles. The van der Waals surface area contributed by atoms with E-state index in [1.807, 2.05) is 0 Å². The van der Waals surface area contributed by atoms with Gasteiger partial charge in [-0.25, -0.2) is 0 Å². The second-order valence-electron chi connectivity index (χ2n) is 7.04. The molecular formula is C20H16N2. The van der Waals surface area contributed by atoms with Gasteiger partial charge >= 0.3 is 0 Å². The minimum Gasteiger partial charge on any atom is -0.188 e. The molecule has 0 radical (unpaired) electrons. The fourth-order valence-corrected chi connectivity index (χ4v) is 5.45. The van der Waals surface area contributed by atoms with E-state index in [0.29, 0.717) is 23.8 Å². The SMILES string of the molecule is C1=C[C@H]2C[C@@H]1[C@H]1[C@H]2N=NC12c1ccccc1-c1ccccc12. The number of hydrogen-bond acceptors (Lipinski definition) is 2. The highest BCUT2D eigenvalue weighted by Gasteiger charge is 2.62. The van der Waals surface area contributed by atoms with Crippen LogP contribution in [0.3, 0.4) is 0 Å². The van der Waals surface area contributed by atoms with Crippen LogP contribution in [0.5, 0.6) is 0 Å². The Morgan fingerprint density at radius 1 is 0.818 bits per heavy atom. The number of rotatable bonds is 0. The molecule has 3 aliphatic carbocycles. The van der Waals surface area contributed by atoms with Gasteiger partial charge in [0.1, 0.15) is 5.54 Å². The smallest absolute Gasteiger partial charge is 0.138 e. The van der Waals surface area contributed by atoms with Crippen LogP contribution in [0, 0.1) is 17.8 Å². The molecule has 0 amide bonds. The van der Waals surface area contributed by atoms with E-state index >= 15 is 0 Å². The summed E-state index contributed by atoms with van der Waals surface area (Å²) < 4.78 is 0. The summed E-state index contributed by atoms with van der Waals surface area (Å²) in [7, 11) is 0. The van der Waals surface area contributed by atoms with Gasteiger partial charge in [-0.15, -0.1) is 0 Å². The molecule has 2 nitrogen and oxygen atoms in total. The molecule has 2 bridgehead atoms. The molecule has 2 aromatic rings. The molecule has 4 atom stereocenters. The van der Waals surface area contributed by atoms with Crippen molar-refractivity contribution in [2.45, 2.75) is 18.0 Å². The largest absolute Gasteiger partial charge is 0.188 e. The predicted octanol–water partition coefficient (Wildman–Crippen LogP) is 4.57. The molecule has 4 aliphatic rings. The van der Waals surface area contributed by atoms with Crippen molar-refractivity contribution in [3.63, 3.8) is 0 Å². The summed E-state index contributed by atoms with van der Waals surface area (Å²) >= 11 is 0. The van der Waals surface area contributed by atoms with Gasteiger partial charge in [-0.1, -0.05) is 60.7 Å². The molecule has 0 unspecified atom stereocenters. The quantitative estimate of drug-likeness (QED) is 0.633. The number of allylic oxidation sites excluding steroid dienone is 1. The van der Waals surface area contributed by atoms with Crippen molar-refractivity contribution >= 4 is 0 Å². The highest BCUT2D eigenvalue weighted by Crippen LogP contribution is 2.64. The van der Waals surface area contributed by atoms with Crippen molar-refractivity contribution in [3.8, 4) is 11.1 Å². The van der Waals surface area contributed by atoms with Gasteiger partial charge in [-0.2, -0.15) is 10.2 Å². The zero-order valence-electron chi connectivity index (χ0n) is 12.2. The molecule has 1 fully saturated rings. The molecule has 2 aromatic carbocycles. The van der Waals surface area contributed by atoms with E-state index in [2.05, 4.69) is 60.7 Å². The van der Waals surface area contributed by atoms with Crippen LogP contribution in [-0.4, -0.2) is 6.04 Å². The van der Waals surface area contributed by atoms with Crippen molar-refractivity contribution in [1.29, 1.82) is 0 Å². The van der Waals surface area contributed by atoms with E-state index in [1.165, 1.54) is 28.7 Å². The van der Waals surface area contributed by atoms with E-state index in [-0.39, 0.29) is 5.54 Å². The lowest BCUT2D eigenvalue weighted by molar-refractivity contribution is 0.309. The van der Waals surface area contributed by atoms with E-state index in [0.717, 1.165) is 0 Å². The first-order valence-electron chi connectivity index (χ1n) is 8.19. The average molecular weight is 284 g/mol. The second kappa shape index (κ2) is 3.57. The van der Waals surface area contributed by atoms with Crippen molar-refractivity contribution in [2.24, 2.45) is 28.0 Å². The van der Waals surface area contributed by atoms with Crippen molar-refractivity contribution < 1.29 is 0 Å². The van der Waals surface area contributed by atoms with E-state index < -0.39 is 0 Å². The Morgan fingerprint density at radius 2 is 1.45 bits per heavy atom. The lowest BCUT2D eigenvalue weighted by atomic mass is 9.70. The van der Waals surface area contributed by atoms with E-state index in [9.17, 15) is 0 Å². The Hall–Kier alpha value is -2.22. The van der Waals surface area contributed by atoms with Gasteiger partial charge in [-0.05, 0) is 34.6 Å². The Labute approximate surface area is 129 Å². The van der Waals surface area contributed by atoms with Crippen LogP contribution in [0.4, 0.5) is 0 Å². The van der Waals surface area contributed by atoms with Crippen LogP contribution in [0.15, 0.2) is 70.9 Å². The molecular weight excluding hydrogens is 268 g/mol. The Morgan fingerprint density at radius 3 is 2.18 bits per heavy atom. The summed E-state index contributed by atoms with van der Waals surface area (Å²) in [6.07, 6.45) is 6.06. The minimum absolute atomic E-state index is 0.234. The van der Waals surface area contributed by atoms with Crippen LogP contribution in [0.2, 0.25) is 0 Å². The van der Waals surface area contributed by atoms with E-state index in [1.54, 1.807) is 0 Å². The first kappa shape index (κ1) is 11.4. The fourth-order valence-electron chi connectivity index (χ4n) is 5.45. The maximum absolute atomic E-state index is 4.96. The van der Waals surface area contributed by atoms with Gasteiger partial charge in [-0.3, -0.25) is 0 Å². The second-order valence-corrected chi connectivity index (χ2v) is 7.04. The third-order valence-electron chi connectivity index (χ3n) is 6.21. The summed E-state index contributed by atoms with van der Waals surface area (Å²) in [5.41, 5.74) is 5.21. The van der Waals surface area contributed by atoms with Crippen molar-refractivity contribution in [3.05, 3.63) is 71.8 Å². The highest BCUT2D eigenvalue weighted by molar-refractivity contribution is 5.81. The molecule has 0 N–H and O–H groups in total. The number of hydrogen-bond donors (Lipinski definition) is 0. The van der Waals surface area contributed by atoms with E-state index in [4.69, 9.17) is 10.2 Å². The summed E-state index contributed by atoms with van der Waals surface area (Å²) in [6, 6.07) is 18.0. The van der Waals surface area contributed by atoms with Crippen LogP contribution in [0.25, 0.3) is 11.1 Å². The Kier molecular flexibility index (Phi) is 1.84. The summed E-state index contributed by atoms with van der Waals surface area (Å²) in [6.45, 7) is 0. The molecule has 106 valence electrons. The molecule has 0 saturated heterocycles. The van der Waals surface area contributed by atoms with Crippen LogP contribution >= 0.6 is 0 Å². The minimum atomic E-state index is -0.234. The van der Waals surface area contributed by atoms with Gasteiger partial charge in [0.2, 0.25) is 0 Å². The third kappa shape index (κ3) is 1.06. The highest BCUT2D eigenvalue weighted by atomic mass is 15.2. The van der Waals surface area contributed by atoms with Crippen LogP contribution in [0.1, 0.15) is 17.5 Å². The third-order valence-corrected chi connectivity index (χ3v) is 6.21. The standard InChI is InChI=1S/C20H16N2/c1-3-7-16-14(5-1)15-6-2-4-8-17(15)20(16)18-12-9-10-13(11-12)19(18)21-22-20/h1-10,12-13,18-19H,11H2/t12-,13+,18+,19+/m1/s1. The molecule has 1 spiro atoms. The van der Waals surface area contributed by atoms with Crippen LogP contribution in [-0.2, 0) is 5.54 Å². The first-order chi connectivity index (χ1) is 10.9. The predicted molar refractivity (Wildman–Crippen MR) is 85.5 cm³/mol. The lowest BCUT2D eigenvalue weighted by Gasteiger charge is -2.33. The van der Waals surface area contributed by atoms with Gasteiger partial charge in [0.25, 0.3) is 0 Å². The molecule has 1 saturated carbocycles. The average Bonchev–Trinajstić information content (AvgIpc) is 3.31. The van der Waals surface area contributed by atoms with Gasteiger partial charge in [0.15, 0.2) is 0 Å². The van der Waals surface area contributed by atoms with Gasteiger partial charge in [0, 0.05) is 11.8 Å². The molecule has 1 heterocycles.